The summed E-state index contributed by atoms with van der Waals surface area (Å²) < 4.78 is 6.06. The van der Waals surface area contributed by atoms with Crippen LogP contribution in [-0.2, 0) is 4.74 Å². The van der Waals surface area contributed by atoms with Gasteiger partial charge in [-0.1, -0.05) is 15.9 Å². The van der Waals surface area contributed by atoms with Gasteiger partial charge in [0.2, 0.25) is 0 Å². The van der Waals surface area contributed by atoms with Crippen molar-refractivity contribution in [2.24, 2.45) is 0 Å². The largest absolute Gasteiger partial charge is 0.472 e. The van der Waals surface area contributed by atoms with Crippen LogP contribution in [0.15, 0.2) is 22.4 Å². The Kier molecular flexibility index (Phi) is 2.96. The topological polar surface area (TPSA) is 29.5 Å². The predicted octanol–water partition coefficient (Wildman–Crippen LogP) is 1.91. The van der Waals surface area contributed by atoms with Gasteiger partial charge in [-0.2, -0.15) is 0 Å². The van der Waals surface area contributed by atoms with Crippen molar-refractivity contribution in [1.82, 2.24) is 0 Å². The lowest BCUT2D eigenvalue weighted by atomic mass is 10.2. The van der Waals surface area contributed by atoms with Crippen LogP contribution >= 0.6 is 15.9 Å². The van der Waals surface area contributed by atoms with Crippen LogP contribution in [0, 0.1) is 0 Å². The highest BCUT2D eigenvalue weighted by atomic mass is 79.9. The predicted molar refractivity (Wildman–Crippen MR) is 42.5 cm³/mol. The van der Waals surface area contributed by atoms with E-state index in [2.05, 4.69) is 15.9 Å². The average molecular weight is 205 g/mol. The second-order valence-electron chi connectivity index (χ2n) is 2.02. The first-order valence-electron chi connectivity index (χ1n) is 3.12. The Hall–Kier alpha value is -0.280. The summed E-state index contributed by atoms with van der Waals surface area (Å²) in [7, 11) is 0. The zero-order valence-electron chi connectivity index (χ0n) is 5.51. The quantitative estimate of drug-likeness (QED) is 0.697. The van der Waals surface area contributed by atoms with Crippen molar-refractivity contribution in [1.29, 1.82) is 0 Å². The first-order chi connectivity index (χ1) is 4.83. The second kappa shape index (κ2) is 3.78. The normalized spacial score (nSPS) is 17.8. The van der Waals surface area contributed by atoms with Gasteiger partial charge in [0.15, 0.2) is 6.79 Å². The van der Waals surface area contributed by atoms with Crippen molar-refractivity contribution in [3.05, 3.63) is 22.4 Å². The molecule has 0 aliphatic heterocycles. The van der Waals surface area contributed by atoms with E-state index in [-0.39, 0.29) is 6.79 Å². The molecule has 56 valence electrons. The standard InChI is InChI=1S/C7H9BrO2/c8-6-1-3-7(4-2-6)10-5-9/h1,3,9H,2,4-5H2. The molecule has 0 saturated heterocycles. The molecule has 0 aromatic rings. The van der Waals surface area contributed by atoms with Crippen molar-refractivity contribution in [3.63, 3.8) is 0 Å². The molecule has 0 atom stereocenters. The van der Waals surface area contributed by atoms with Gasteiger partial charge in [-0.05, 0) is 23.1 Å². The molecule has 0 aromatic heterocycles. The van der Waals surface area contributed by atoms with Gasteiger partial charge in [0.25, 0.3) is 0 Å². The lowest BCUT2D eigenvalue weighted by Gasteiger charge is -2.10. The molecular weight excluding hydrogens is 196 g/mol. The number of halogens is 1. The van der Waals surface area contributed by atoms with E-state index < -0.39 is 0 Å². The van der Waals surface area contributed by atoms with E-state index in [1.165, 1.54) is 4.48 Å². The minimum Gasteiger partial charge on any atom is -0.472 e. The molecule has 0 heterocycles. The summed E-state index contributed by atoms with van der Waals surface area (Å²) in [5.41, 5.74) is 0. The van der Waals surface area contributed by atoms with Crippen LogP contribution in [0.1, 0.15) is 12.8 Å². The van der Waals surface area contributed by atoms with Gasteiger partial charge >= 0.3 is 0 Å². The smallest absolute Gasteiger partial charge is 0.185 e. The first-order valence-corrected chi connectivity index (χ1v) is 3.91. The number of hydrogen-bond acceptors (Lipinski definition) is 2. The Bertz CT molecular complexity index is 168. The van der Waals surface area contributed by atoms with Gasteiger partial charge in [-0.15, -0.1) is 0 Å². The third kappa shape index (κ3) is 2.15. The highest BCUT2D eigenvalue weighted by Gasteiger charge is 2.03. The monoisotopic (exact) mass is 204 g/mol. The van der Waals surface area contributed by atoms with Crippen LogP contribution in [0.5, 0.6) is 0 Å². The minimum atomic E-state index is -0.225. The molecule has 0 bridgehead atoms. The van der Waals surface area contributed by atoms with E-state index in [0.29, 0.717) is 0 Å². The minimum absolute atomic E-state index is 0.225. The van der Waals surface area contributed by atoms with Crippen molar-refractivity contribution in [2.45, 2.75) is 12.8 Å². The molecule has 1 N–H and O–H groups in total. The van der Waals surface area contributed by atoms with E-state index in [1.807, 2.05) is 12.2 Å². The third-order valence-corrected chi connectivity index (χ3v) is 1.97. The summed E-state index contributed by atoms with van der Waals surface area (Å²) in [6.45, 7) is -0.225. The van der Waals surface area contributed by atoms with Crippen LogP contribution < -0.4 is 0 Å². The molecule has 0 amide bonds. The van der Waals surface area contributed by atoms with E-state index in [0.717, 1.165) is 18.6 Å². The second-order valence-corrected chi connectivity index (χ2v) is 3.04. The first kappa shape index (κ1) is 7.82. The van der Waals surface area contributed by atoms with Gasteiger partial charge in [0, 0.05) is 6.42 Å². The average Bonchev–Trinajstić information content (AvgIpc) is 1.95. The Morgan fingerprint density at radius 2 is 2.30 bits per heavy atom. The SMILES string of the molecule is OCOC1=CC=C(Br)CC1. The van der Waals surface area contributed by atoms with Crippen molar-refractivity contribution in [3.8, 4) is 0 Å². The van der Waals surface area contributed by atoms with Crippen LogP contribution in [0.25, 0.3) is 0 Å². The van der Waals surface area contributed by atoms with E-state index in [9.17, 15) is 0 Å². The van der Waals surface area contributed by atoms with Gasteiger partial charge < -0.3 is 9.84 Å². The Labute approximate surface area is 68.3 Å². The molecule has 3 heteroatoms. The molecular formula is C7H9BrO2. The fourth-order valence-corrected chi connectivity index (χ4v) is 1.13. The molecule has 10 heavy (non-hydrogen) atoms. The highest BCUT2D eigenvalue weighted by molar-refractivity contribution is 9.11. The van der Waals surface area contributed by atoms with Crippen molar-refractivity contribution in [2.75, 3.05) is 6.79 Å². The van der Waals surface area contributed by atoms with Crippen LogP contribution in [0.2, 0.25) is 0 Å². The summed E-state index contributed by atoms with van der Waals surface area (Å²) in [5.74, 6) is 0.853. The van der Waals surface area contributed by atoms with Crippen molar-refractivity contribution >= 4 is 15.9 Å². The zero-order chi connectivity index (χ0) is 7.40. The van der Waals surface area contributed by atoms with E-state index in [1.54, 1.807) is 0 Å². The molecule has 1 rings (SSSR count). The zero-order valence-corrected chi connectivity index (χ0v) is 7.10. The highest BCUT2D eigenvalue weighted by Crippen LogP contribution is 2.22. The number of rotatable bonds is 2. The fourth-order valence-electron chi connectivity index (χ4n) is 0.796. The molecule has 0 aromatic carbocycles. The third-order valence-electron chi connectivity index (χ3n) is 1.31. The van der Waals surface area contributed by atoms with E-state index >= 15 is 0 Å². The van der Waals surface area contributed by atoms with E-state index in [4.69, 9.17) is 9.84 Å². The Morgan fingerprint density at radius 1 is 1.50 bits per heavy atom. The maximum absolute atomic E-state index is 8.39. The van der Waals surface area contributed by atoms with Crippen LogP contribution in [0.4, 0.5) is 0 Å². The maximum Gasteiger partial charge on any atom is 0.185 e. The number of allylic oxidation sites excluding steroid dienone is 4. The fraction of sp³-hybridized carbons (Fsp3) is 0.429. The van der Waals surface area contributed by atoms with Gasteiger partial charge in [0.1, 0.15) is 0 Å². The summed E-state index contributed by atoms with van der Waals surface area (Å²) in [6, 6.07) is 0. The summed E-state index contributed by atoms with van der Waals surface area (Å²) in [4.78, 5) is 0. The maximum atomic E-state index is 8.39. The van der Waals surface area contributed by atoms with Gasteiger partial charge in [0.05, 0.1) is 5.76 Å². The summed E-state index contributed by atoms with van der Waals surface area (Å²) >= 11 is 3.37. The van der Waals surface area contributed by atoms with Gasteiger partial charge in [-0.25, -0.2) is 0 Å². The molecule has 0 spiro atoms. The number of ether oxygens (including phenoxy) is 1. The molecule has 0 saturated carbocycles. The summed E-state index contributed by atoms with van der Waals surface area (Å²) in [6.07, 6.45) is 5.64. The Morgan fingerprint density at radius 3 is 2.80 bits per heavy atom. The number of aliphatic hydroxyl groups is 1. The molecule has 0 radical (unpaired) electrons. The number of hydrogen-bond donors (Lipinski definition) is 1. The summed E-state index contributed by atoms with van der Waals surface area (Å²) in [5, 5.41) is 8.39. The molecule has 1 aliphatic carbocycles. The molecule has 1 aliphatic rings. The number of aliphatic hydroxyl groups excluding tert-OH is 1. The molecule has 0 fully saturated rings. The molecule has 0 unspecified atom stereocenters. The lowest BCUT2D eigenvalue weighted by Crippen LogP contribution is -1.96. The molecule has 2 nitrogen and oxygen atoms in total. The van der Waals surface area contributed by atoms with Gasteiger partial charge in [-0.3, -0.25) is 0 Å². The lowest BCUT2D eigenvalue weighted by molar-refractivity contribution is 0.0380. The van der Waals surface area contributed by atoms with Crippen LogP contribution in [0.3, 0.4) is 0 Å². The Balaban J connectivity index is 2.47. The van der Waals surface area contributed by atoms with Crippen LogP contribution in [-0.4, -0.2) is 11.9 Å². The van der Waals surface area contributed by atoms with Crippen molar-refractivity contribution < 1.29 is 9.84 Å².